The van der Waals surface area contributed by atoms with Crippen LogP contribution in [-0.4, -0.2) is 19.5 Å². The van der Waals surface area contributed by atoms with Crippen molar-refractivity contribution in [3.8, 4) is 28.5 Å². The van der Waals surface area contributed by atoms with Gasteiger partial charge in [0.2, 0.25) is 5.28 Å². The quantitative estimate of drug-likeness (QED) is 0.300. The summed E-state index contributed by atoms with van der Waals surface area (Å²) in [4.78, 5) is 13.4. The molecule has 5 heteroatoms. The molecule has 4 aromatic carbocycles. The van der Waals surface area contributed by atoms with E-state index in [4.69, 9.17) is 23.4 Å². The first-order chi connectivity index (χ1) is 17.9. The van der Waals surface area contributed by atoms with Crippen molar-refractivity contribution in [1.29, 1.82) is 0 Å². The Bertz CT molecular complexity index is 1820. The molecule has 0 radical (unpaired) electrons. The van der Waals surface area contributed by atoms with Crippen LogP contribution in [0, 0.1) is 0 Å². The van der Waals surface area contributed by atoms with Crippen LogP contribution >= 0.6 is 11.6 Å². The lowest BCUT2D eigenvalue weighted by Gasteiger charge is -2.09. The molecule has 6 aromatic rings. The van der Waals surface area contributed by atoms with Crippen molar-refractivity contribution < 1.29 is 6.85 Å². The monoisotopic (exact) mass is 437 g/mol. The van der Waals surface area contributed by atoms with Crippen LogP contribution in [0.25, 0.3) is 50.3 Å². The van der Waals surface area contributed by atoms with Crippen LogP contribution < -0.4 is 0 Å². The second kappa shape index (κ2) is 7.59. The highest BCUT2D eigenvalue weighted by atomic mass is 35.5. The SMILES string of the molecule is [2H]c1c([2H])c([2H])c(-n2c3ccccc3c3c(-c4nc(Cl)nc(-c5ccccc5)n4)cccc32)c([2H])c1[2H]. The average Bonchev–Trinajstić information content (AvgIpc) is 3.25. The fraction of sp³-hybridized carbons (Fsp3) is 0. The third kappa shape index (κ3) is 3.04. The number of benzene rings is 4. The van der Waals surface area contributed by atoms with Crippen molar-refractivity contribution in [3.63, 3.8) is 0 Å². The van der Waals surface area contributed by atoms with Gasteiger partial charge in [-0.25, -0.2) is 4.98 Å². The molecule has 0 fully saturated rings. The van der Waals surface area contributed by atoms with Crippen LogP contribution in [0.4, 0.5) is 0 Å². The van der Waals surface area contributed by atoms with Crippen molar-refractivity contribution in [2.24, 2.45) is 0 Å². The van der Waals surface area contributed by atoms with E-state index in [9.17, 15) is 0 Å². The molecule has 152 valence electrons. The van der Waals surface area contributed by atoms with Gasteiger partial charge in [0.05, 0.1) is 17.9 Å². The number of para-hydroxylation sites is 2. The van der Waals surface area contributed by atoms with Gasteiger partial charge in [-0.3, -0.25) is 0 Å². The van der Waals surface area contributed by atoms with Crippen LogP contribution in [0.3, 0.4) is 0 Å². The highest BCUT2D eigenvalue weighted by molar-refractivity contribution is 6.28. The summed E-state index contributed by atoms with van der Waals surface area (Å²) in [6.45, 7) is 0. The first-order valence-corrected chi connectivity index (χ1v) is 10.3. The highest BCUT2D eigenvalue weighted by Crippen LogP contribution is 2.37. The van der Waals surface area contributed by atoms with Gasteiger partial charge in [0, 0.05) is 27.6 Å². The van der Waals surface area contributed by atoms with E-state index in [-0.39, 0.29) is 23.1 Å². The van der Waals surface area contributed by atoms with Gasteiger partial charge < -0.3 is 4.57 Å². The van der Waals surface area contributed by atoms with E-state index in [2.05, 4.69) is 9.97 Å². The molecule has 0 spiro atoms. The van der Waals surface area contributed by atoms with Crippen LogP contribution in [0.2, 0.25) is 5.28 Å². The molecule has 0 unspecified atom stereocenters. The third-order valence-electron chi connectivity index (χ3n) is 5.29. The summed E-state index contributed by atoms with van der Waals surface area (Å²) >= 11 is 6.34. The maximum atomic E-state index is 8.59. The molecule has 0 saturated heterocycles. The number of halogens is 1. The van der Waals surface area contributed by atoms with E-state index in [0.717, 1.165) is 16.3 Å². The molecule has 0 aliphatic heterocycles. The van der Waals surface area contributed by atoms with Gasteiger partial charge in [-0.2, -0.15) is 9.97 Å². The Balaban J connectivity index is 1.71. The van der Waals surface area contributed by atoms with Gasteiger partial charge >= 0.3 is 0 Å². The predicted octanol–water partition coefficient (Wildman–Crippen LogP) is 6.96. The summed E-state index contributed by atoms with van der Waals surface area (Å²) in [6, 6.07) is 20.7. The first-order valence-electron chi connectivity index (χ1n) is 12.4. The number of hydrogen-bond donors (Lipinski definition) is 0. The molecule has 0 N–H and O–H groups in total. The van der Waals surface area contributed by atoms with E-state index in [1.165, 1.54) is 0 Å². The Labute approximate surface area is 196 Å². The van der Waals surface area contributed by atoms with Crippen LogP contribution in [0.1, 0.15) is 6.85 Å². The zero-order valence-corrected chi connectivity index (χ0v) is 17.4. The number of aromatic nitrogens is 4. The van der Waals surface area contributed by atoms with Gasteiger partial charge in [0.15, 0.2) is 11.6 Å². The molecule has 0 aliphatic rings. The standard InChI is InChI=1S/C27H17ClN4/c28-27-30-25(18-10-3-1-4-11-18)29-26(31-27)21-15-9-17-23-24(21)20-14-7-8-16-22(20)32(23)19-12-5-2-6-13-19/h1-17H/i2D,5D,6D,12D,13D. The molecule has 0 bridgehead atoms. The fourth-order valence-corrected chi connectivity index (χ4v) is 4.15. The van der Waals surface area contributed by atoms with Gasteiger partial charge in [0.1, 0.15) is 0 Å². The first kappa shape index (κ1) is 14.1. The fourth-order valence-electron chi connectivity index (χ4n) is 3.99. The van der Waals surface area contributed by atoms with Gasteiger partial charge in [-0.15, -0.1) is 0 Å². The Morgan fingerprint density at radius 2 is 1.41 bits per heavy atom. The maximum absolute atomic E-state index is 8.59. The van der Waals surface area contributed by atoms with Crippen LogP contribution in [-0.2, 0) is 0 Å². The topological polar surface area (TPSA) is 43.6 Å². The molecule has 0 aliphatic carbocycles. The van der Waals surface area contributed by atoms with Crippen molar-refractivity contribution in [1.82, 2.24) is 19.5 Å². The summed E-state index contributed by atoms with van der Waals surface area (Å²) < 4.78 is 43.3. The second-order valence-electron chi connectivity index (χ2n) is 7.14. The smallest absolute Gasteiger partial charge is 0.226 e. The molecule has 0 amide bonds. The van der Waals surface area contributed by atoms with Crippen LogP contribution in [0.15, 0.2) is 103 Å². The lowest BCUT2D eigenvalue weighted by atomic mass is 10.1. The molecule has 2 heterocycles. The minimum atomic E-state index is -0.437. The van der Waals surface area contributed by atoms with E-state index in [0.29, 0.717) is 28.2 Å². The molecular weight excluding hydrogens is 416 g/mol. The molecule has 2 aromatic heterocycles. The van der Waals surface area contributed by atoms with E-state index in [1.807, 2.05) is 72.8 Å². The Morgan fingerprint density at radius 1 is 0.688 bits per heavy atom. The number of hydrogen-bond acceptors (Lipinski definition) is 3. The summed E-state index contributed by atoms with van der Waals surface area (Å²) in [5.74, 6) is 0.801. The molecule has 0 atom stereocenters. The lowest BCUT2D eigenvalue weighted by Crippen LogP contribution is -1.98. The van der Waals surface area contributed by atoms with Crippen molar-refractivity contribution in [2.75, 3.05) is 0 Å². The molecule has 4 nitrogen and oxygen atoms in total. The zero-order chi connectivity index (χ0) is 25.8. The number of fused-ring (bicyclic) bond motifs is 3. The predicted molar refractivity (Wildman–Crippen MR) is 130 cm³/mol. The highest BCUT2D eigenvalue weighted by Gasteiger charge is 2.18. The Kier molecular flexibility index (Phi) is 3.35. The van der Waals surface area contributed by atoms with Gasteiger partial charge in [-0.1, -0.05) is 78.8 Å². The van der Waals surface area contributed by atoms with E-state index < -0.39 is 18.1 Å². The summed E-state index contributed by atoms with van der Waals surface area (Å²) in [7, 11) is 0. The van der Waals surface area contributed by atoms with Crippen molar-refractivity contribution >= 4 is 33.4 Å². The summed E-state index contributed by atoms with van der Waals surface area (Å²) in [5, 5.41) is 1.64. The minimum absolute atomic E-state index is 0.0511. The molecule has 32 heavy (non-hydrogen) atoms. The zero-order valence-electron chi connectivity index (χ0n) is 21.6. The van der Waals surface area contributed by atoms with Crippen LogP contribution in [0.5, 0.6) is 0 Å². The lowest BCUT2D eigenvalue weighted by molar-refractivity contribution is 1.07. The van der Waals surface area contributed by atoms with Gasteiger partial charge in [0.25, 0.3) is 0 Å². The molecular formula is C27H17ClN4. The molecule has 6 rings (SSSR count). The van der Waals surface area contributed by atoms with Gasteiger partial charge in [-0.05, 0) is 35.8 Å². The Hall–Kier alpha value is -4.02. The van der Waals surface area contributed by atoms with E-state index >= 15 is 0 Å². The minimum Gasteiger partial charge on any atom is -0.309 e. The second-order valence-corrected chi connectivity index (χ2v) is 7.48. The third-order valence-corrected chi connectivity index (χ3v) is 5.46. The maximum Gasteiger partial charge on any atom is 0.226 e. The molecule has 0 saturated carbocycles. The normalized spacial score (nSPS) is 13.5. The van der Waals surface area contributed by atoms with Crippen molar-refractivity contribution in [2.45, 2.75) is 0 Å². The van der Waals surface area contributed by atoms with Crippen molar-refractivity contribution in [3.05, 3.63) is 108 Å². The number of nitrogens with zero attached hydrogens (tertiary/aromatic N) is 4. The summed E-state index contributed by atoms with van der Waals surface area (Å²) in [6.07, 6.45) is 0. The largest absolute Gasteiger partial charge is 0.309 e. The Morgan fingerprint density at radius 3 is 2.25 bits per heavy atom. The summed E-state index contributed by atoms with van der Waals surface area (Å²) in [5.41, 5.74) is 2.89. The van der Waals surface area contributed by atoms with E-state index in [1.54, 1.807) is 4.57 Å². The number of rotatable bonds is 3. The average molecular weight is 438 g/mol.